The Morgan fingerprint density at radius 2 is 1.42 bits per heavy atom. The number of methoxy groups -OCH3 is 2. The Kier molecular flexibility index (Phi) is 11.5. The molecule has 2 aromatic heterocycles. The third-order valence-corrected chi connectivity index (χ3v) is 11.0. The van der Waals surface area contributed by atoms with Gasteiger partial charge in [0.05, 0.1) is 48.8 Å². The van der Waals surface area contributed by atoms with Crippen molar-refractivity contribution in [1.82, 2.24) is 19.9 Å². The Morgan fingerprint density at radius 1 is 0.807 bits per heavy atom. The number of pyridine rings is 1. The van der Waals surface area contributed by atoms with Gasteiger partial charge in [-0.05, 0) is 73.9 Å². The van der Waals surface area contributed by atoms with Gasteiger partial charge in [-0.2, -0.15) is 0 Å². The zero-order chi connectivity index (χ0) is 40.2. The summed E-state index contributed by atoms with van der Waals surface area (Å²) in [7, 11) is 3.23. The summed E-state index contributed by atoms with van der Waals surface area (Å²) in [5, 5.41) is 4.04. The SMILES string of the molecule is COc1ccc(C(OC[C@H]2O[C@@H](n3ccc(=O)[nH]c3=O)[C@H](NC(=O)OC(C)(C)C)[C@@H]2Sc2ccc3ccccc3n2)(c2ccccc2)c2ccc(OC)cc2)cc1. The molecule has 2 N–H and O–H groups in total. The Bertz CT molecular complexity index is 2380. The molecule has 12 nitrogen and oxygen atoms in total. The summed E-state index contributed by atoms with van der Waals surface area (Å²) >= 11 is 1.39. The normalized spacial score (nSPS) is 18.3. The predicted octanol–water partition coefficient (Wildman–Crippen LogP) is 7.06. The fraction of sp³-hybridized carbons (Fsp3) is 0.273. The first kappa shape index (κ1) is 39.3. The molecule has 1 fully saturated rings. The highest BCUT2D eigenvalue weighted by Gasteiger charge is 2.50. The lowest BCUT2D eigenvalue weighted by atomic mass is 9.80. The number of aromatic amines is 1. The van der Waals surface area contributed by atoms with E-state index in [1.54, 1.807) is 35.0 Å². The molecular weight excluding hydrogens is 745 g/mol. The van der Waals surface area contributed by atoms with Gasteiger partial charge in [-0.1, -0.05) is 90.6 Å². The van der Waals surface area contributed by atoms with E-state index in [1.165, 1.54) is 28.6 Å². The summed E-state index contributed by atoms with van der Waals surface area (Å²) in [6.07, 6.45) is -1.20. The molecule has 1 aliphatic heterocycles. The van der Waals surface area contributed by atoms with Crippen LogP contribution >= 0.6 is 11.8 Å². The van der Waals surface area contributed by atoms with E-state index in [-0.39, 0.29) is 6.61 Å². The number of nitrogens with zero attached hydrogens (tertiary/aromatic N) is 2. The number of nitrogens with one attached hydrogen (secondary N) is 2. The van der Waals surface area contributed by atoms with Crippen molar-refractivity contribution in [3.05, 3.63) is 165 Å². The number of benzene rings is 4. The number of hydrogen-bond acceptors (Lipinski definition) is 10. The number of H-pyrrole nitrogens is 1. The molecule has 4 aromatic carbocycles. The fourth-order valence-corrected chi connectivity index (χ4v) is 8.24. The molecule has 13 heteroatoms. The second-order valence-corrected chi connectivity index (χ2v) is 15.7. The molecule has 57 heavy (non-hydrogen) atoms. The Hall–Kier alpha value is -5.89. The van der Waals surface area contributed by atoms with Crippen molar-refractivity contribution in [2.45, 2.75) is 60.6 Å². The average Bonchev–Trinajstić information content (AvgIpc) is 3.53. The van der Waals surface area contributed by atoms with Gasteiger partial charge in [0.25, 0.3) is 5.56 Å². The first-order valence-corrected chi connectivity index (χ1v) is 19.3. The maximum atomic E-state index is 13.6. The molecule has 294 valence electrons. The standard InChI is InChI=1S/C44H44N4O8S/c1-43(2,3)56-42(51)47-38-39(57-37-24-15-28-11-9-10-14-34(28)45-37)35(55-40(38)48-26-25-36(49)46-41(48)50)27-54-44(29-12-7-6-8-13-29,30-16-20-32(52-4)21-17-30)31-18-22-33(53-5)23-19-31/h6-26,35,38-40H,27H2,1-5H3,(H,47,51)(H,46,49,50)/t35-,38-,39-,40-/m1/s1. The maximum Gasteiger partial charge on any atom is 0.408 e. The largest absolute Gasteiger partial charge is 0.497 e. The van der Waals surface area contributed by atoms with Crippen molar-refractivity contribution in [2.75, 3.05) is 20.8 Å². The summed E-state index contributed by atoms with van der Waals surface area (Å²) in [5.74, 6) is 1.36. The molecule has 1 saturated heterocycles. The van der Waals surface area contributed by atoms with E-state index in [0.29, 0.717) is 16.5 Å². The van der Waals surface area contributed by atoms with Crippen LogP contribution in [-0.2, 0) is 19.8 Å². The number of amides is 1. The van der Waals surface area contributed by atoms with Crippen molar-refractivity contribution < 1.29 is 28.5 Å². The van der Waals surface area contributed by atoms with Crippen LogP contribution in [0.3, 0.4) is 0 Å². The van der Waals surface area contributed by atoms with Crippen LogP contribution in [0, 0.1) is 0 Å². The van der Waals surface area contributed by atoms with Gasteiger partial charge in [0, 0.05) is 17.6 Å². The van der Waals surface area contributed by atoms with E-state index in [0.717, 1.165) is 27.6 Å². The first-order valence-electron chi connectivity index (χ1n) is 18.4. The molecule has 4 atom stereocenters. The number of alkyl carbamates (subject to hydrolysis) is 1. The Balaban J connectivity index is 1.36. The molecule has 3 heterocycles. The fourth-order valence-electron chi connectivity index (χ4n) is 7.02. The van der Waals surface area contributed by atoms with E-state index < -0.39 is 52.2 Å². The van der Waals surface area contributed by atoms with Gasteiger partial charge in [0.15, 0.2) is 6.23 Å². The zero-order valence-corrected chi connectivity index (χ0v) is 33.0. The minimum absolute atomic E-state index is 0.0285. The van der Waals surface area contributed by atoms with Crippen LogP contribution in [0.15, 0.2) is 142 Å². The number of aromatic nitrogens is 3. The highest BCUT2D eigenvalue weighted by atomic mass is 32.2. The van der Waals surface area contributed by atoms with E-state index in [4.69, 9.17) is 28.7 Å². The molecule has 0 bridgehead atoms. The van der Waals surface area contributed by atoms with Crippen LogP contribution in [0.4, 0.5) is 4.79 Å². The molecule has 6 aromatic rings. The van der Waals surface area contributed by atoms with Crippen LogP contribution in [-0.4, -0.2) is 64.5 Å². The van der Waals surface area contributed by atoms with Crippen molar-refractivity contribution in [3.63, 3.8) is 0 Å². The lowest BCUT2D eigenvalue weighted by Gasteiger charge is -2.37. The third kappa shape index (κ3) is 8.60. The third-order valence-electron chi connectivity index (χ3n) is 9.62. The molecule has 1 amide bonds. The lowest BCUT2D eigenvalue weighted by molar-refractivity contribution is -0.0787. The van der Waals surface area contributed by atoms with Gasteiger partial charge in [-0.3, -0.25) is 14.3 Å². The smallest absolute Gasteiger partial charge is 0.408 e. The van der Waals surface area contributed by atoms with Crippen molar-refractivity contribution in [2.24, 2.45) is 0 Å². The molecular formula is C44H44N4O8S. The summed E-state index contributed by atoms with van der Waals surface area (Å²) < 4.78 is 32.2. The number of carbonyl (C=O) groups is 1. The van der Waals surface area contributed by atoms with E-state index >= 15 is 0 Å². The number of thioether (sulfide) groups is 1. The van der Waals surface area contributed by atoms with Crippen LogP contribution in [0.25, 0.3) is 10.9 Å². The summed E-state index contributed by atoms with van der Waals surface area (Å²) in [6.45, 7) is 5.28. The quantitative estimate of drug-likeness (QED) is 0.124. The molecule has 0 saturated carbocycles. The van der Waals surface area contributed by atoms with Crippen LogP contribution in [0.5, 0.6) is 11.5 Å². The second kappa shape index (κ2) is 16.7. The molecule has 7 rings (SSSR count). The summed E-state index contributed by atoms with van der Waals surface area (Å²) in [6, 6.07) is 37.3. The average molecular weight is 789 g/mol. The van der Waals surface area contributed by atoms with E-state index in [9.17, 15) is 14.4 Å². The molecule has 0 unspecified atom stereocenters. The number of carbonyl (C=O) groups excluding carboxylic acids is 1. The van der Waals surface area contributed by atoms with Gasteiger partial charge in [0.1, 0.15) is 22.7 Å². The topological polar surface area (TPSA) is 143 Å². The molecule has 0 radical (unpaired) electrons. The second-order valence-electron chi connectivity index (χ2n) is 14.5. The van der Waals surface area contributed by atoms with Crippen molar-refractivity contribution in [1.29, 1.82) is 0 Å². The van der Waals surface area contributed by atoms with Gasteiger partial charge >= 0.3 is 11.8 Å². The number of ether oxygens (including phenoxy) is 5. The number of fused-ring (bicyclic) bond motifs is 1. The van der Waals surface area contributed by atoms with Crippen LogP contribution in [0.2, 0.25) is 0 Å². The monoisotopic (exact) mass is 788 g/mol. The Labute approximate surface area is 334 Å². The number of para-hydroxylation sites is 1. The lowest BCUT2D eigenvalue weighted by Crippen LogP contribution is -2.49. The highest BCUT2D eigenvalue weighted by Crippen LogP contribution is 2.45. The van der Waals surface area contributed by atoms with Gasteiger partial charge < -0.3 is 29.0 Å². The predicted molar refractivity (Wildman–Crippen MR) is 218 cm³/mol. The van der Waals surface area contributed by atoms with E-state index in [2.05, 4.69) is 10.3 Å². The van der Waals surface area contributed by atoms with Crippen LogP contribution in [0.1, 0.15) is 43.7 Å². The summed E-state index contributed by atoms with van der Waals surface area (Å²) in [4.78, 5) is 46.4. The first-order chi connectivity index (χ1) is 27.5. The minimum Gasteiger partial charge on any atom is -0.497 e. The van der Waals surface area contributed by atoms with Crippen molar-refractivity contribution >= 4 is 28.8 Å². The van der Waals surface area contributed by atoms with Gasteiger partial charge in [-0.15, -0.1) is 0 Å². The maximum absolute atomic E-state index is 13.6. The van der Waals surface area contributed by atoms with E-state index in [1.807, 2.05) is 115 Å². The van der Waals surface area contributed by atoms with Crippen molar-refractivity contribution in [3.8, 4) is 11.5 Å². The molecule has 0 aliphatic carbocycles. The molecule has 0 spiro atoms. The number of hydrogen-bond donors (Lipinski definition) is 2. The highest BCUT2D eigenvalue weighted by molar-refractivity contribution is 8.00. The summed E-state index contributed by atoms with van der Waals surface area (Å²) in [5.41, 5.74) is -0.0101. The minimum atomic E-state index is -1.19. The number of rotatable bonds is 12. The van der Waals surface area contributed by atoms with Gasteiger partial charge in [0.2, 0.25) is 0 Å². The Morgan fingerprint density at radius 3 is 2.04 bits per heavy atom. The molecule has 1 aliphatic rings. The van der Waals surface area contributed by atoms with Gasteiger partial charge in [-0.25, -0.2) is 14.6 Å². The van der Waals surface area contributed by atoms with Crippen LogP contribution < -0.4 is 26.0 Å². The zero-order valence-electron chi connectivity index (χ0n) is 32.2.